The Balaban J connectivity index is 1.45. The van der Waals surface area contributed by atoms with E-state index in [4.69, 9.17) is 0 Å². The molecule has 1 saturated heterocycles. The van der Waals surface area contributed by atoms with Crippen LogP contribution in [0.4, 0.5) is 0 Å². The molecule has 1 amide bonds. The van der Waals surface area contributed by atoms with Gasteiger partial charge in [0.05, 0.1) is 5.39 Å². The zero-order valence-electron chi connectivity index (χ0n) is 15.2. The van der Waals surface area contributed by atoms with Crippen molar-refractivity contribution in [2.45, 2.75) is 57.9 Å². The molecule has 0 radical (unpaired) electrons. The molecule has 7 heteroatoms. The van der Waals surface area contributed by atoms with E-state index in [1.54, 1.807) is 11.3 Å². The third-order valence-corrected chi connectivity index (χ3v) is 6.61. The summed E-state index contributed by atoms with van der Waals surface area (Å²) in [6.07, 6.45) is 6.10. The van der Waals surface area contributed by atoms with Crippen LogP contribution in [0.25, 0.3) is 10.2 Å². The van der Waals surface area contributed by atoms with Gasteiger partial charge in [0.1, 0.15) is 10.7 Å². The fourth-order valence-electron chi connectivity index (χ4n) is 4.02. The van der Waals surface area contributed by atoms with Gasteiger partial charge in [-0.1, -0.05) is 6.92 Å². The number of rotatable bonds is 4. The summed E-state index contributed by atoms with van der Waals surface area (Å²) < 4.78 is 0. The summed E-state index contributed by atoms with van der Waals surface area (Å²) in [5, 5.41) is 7.14. The average Bonchev–Trinajstić information content (AvgIpc) is 2.98. The Kier molecular flexibility index (Phi) is 5.09. The summed E-state index contributed by atoms with van der Waals surface area (Å²) in [5.74, 6) is 1.32. The van der Waals surface area contributed by atoms with Crippen LogP contribution in [-0.4, -0.2) is 35.0 Å². The second kappa shape index (κ2) is 7.48. The van der Waals surface area contributed by atoms with Gasteiger partial charge < -0.3 is 15.6 Å². The highest BCUT2D eigenvalue weighted by Gasteiger charge is 2.23. The Labute approximate surface area is 156 Å². The van der Waals surface area contributed by atoms with Crippen LogP contribution < -0.4 is 16.2 Å². The van der Waals surface area contributed by atoms with Crippen LogP contribution in [0, 0.1) is 5.92 Å². The molecule has 2 aromatic heterocycles. The third-order valence-electron chi connectivity index (χ3n) is 5.47. The Morgan fingerprint density at radius 2 is 2.27 bits per heavy atom. The number of carbonyl (C=O) groups excluding carboxylic acids is 1. The lowest BCUT2D eigenvalue weighted by molar-refractivity contribution is -0.121. The van der Waals surface area contributed by atoms with E-state index in [1.807, 2.05) is 0 Å². The first-order valence-electron chi connectivity index (χ1n) is 9.63. The molecule has 1 aliphatic carbocycles. The quantitative estimate of drug-likeness (QED) is 0.763. The van der Waals surface area contributed by atoms with Crippen molar-refractivity contribution >= 4 is 27.5 Å². The highest BCUT2D eigenvalue weighted by Crippen LogP contribution is 2.35. The molecule has 0 bridgehead atoms. The molecular weight excluding hydrogens is 348 g/mol. The summed E-state index contributed by atoms with van der Waals surface area (Å²) in [6, 6.07) is 0.219. The summed E-state index contributed by atoms with van der Waals surface area (Å²) >= 11 is 1.65. The SMILES string of the molecule is CC1CCc2c(sc3nc(CCC(=O)N[C@H]4CCCNC4)[nH]c(=O)c23)C1. The minimum absolute atomic E-state index is 0.0285. The molecule has 0 spiro atoms. The van der Waals surface area contributed by atoms with Gasteiger partial charge in [0.25, 0.3) is 5.56 Å². The summed E-state index contributed by atoms with van der Waals surface area (Å²) in [5.41, 5.74) is 1.15. The van der Waals surface area contributed by atoms with Crippen molar-refractivity contribution in [3.63, 3.8) is 0 Å². The van der Waals surface area contributed by atoms with E-state index in [2.05, 4.69) is 27.5 Å². The fourth-order valence-corrected chi connectivity index (χ4v) is 5.42. The normalized spacial score (nSPS) is 23.0. The van der Waals surface area contributed by atoms with Crippen molar-refractivity contribution in [3.05, 3.63) is 26.6 Å². The Morgan fingerprint density at radius 3 is 3.08 bits per heavy atom. The number of carbonyl (C=O) groups is 1. The van der Waals surface area contributed by atoms with Crippen molar-refractivity contribution in [2.75, 3.05) is 13.1 Å². The minimum Gasteiger partial charge on any atom is -0.352 e. The molecule has 6 nitrogen and oxygen atoms in total. The lowest BCUT2D eigenvalue weighted by Gasteiger charge is -2.23. The topological polar surface area (TPSA) is 86.9 Å². The van der Waals surface area contributed by atoms with E-state index in [9.17, 15) is 9.59 Å². The molecule has 1 aliphatic heterocycles. The number of amides is 1. The van der Waals surface area contributed by atoms with Crippen LogP contribution in [0.3, 0.4) is 0 Å². The largest absolute Gasteiger partial charge is 0.352 e. The number of H-pyrrole nitrogens is 1. The summed E-state index contributed by atoms with van der Waals surface area (Å²) in [7, 11) is 0. The molecule has 1 fully saturated rings. The number of aromatic amines is 1. The zero-order valence-corrected chi connectivity index (χ0v) is 16.0. The Morgan fingerprint density at radius 1 is 1.38 bits per heavy atom. The Hall–Kier alpha value is -1.73. The number of aromatic nitrogens is 2. The third kappa shape index (κ3) is 3.69. The number of fused-ring (bicyclic) bond motifs is 3. The van der Waals surface area contributed by atoms with E-state index < -0.39 is 0 Å². The number of nitrogens with one attached hydrogen (secondary N) is 3. The Bertz CT molecular complexity index is 866. The molecule has 0 aromatic carbocycles. The first kappa shape index (κ1) is 17.7. The summed E-state index contributed by atoms with van der Waals surface area (Å²) in [4.78, 5) is 34.5. The zero-order chi connectivity index (χ0) is 18.1. The van der Waals surface area contributed by atoms with Crippen LogP contribution in [0.1, 0.15) is 48.9 Å². The smallest absolute Gasteiger partial charge is 0.259 e. The fraction of sp³-hybridized carbons (Fsp3) is 0.632. The lowest BCUT2D eigenvalue weighted by atomic mass is 9.89. The second-order valence-electron chi connectivity index (χ2n) is 7.66. The molecule has 3 N–H and O–H groups in total. The number of hydrogen-bond donors (Lipinski definition) is 3. The van der Waals surface area contributed by atoms with Gasteiger partial charge in [-0.3, -0.25) is 9.59 Å². The molecule has 4 rings (SSSR count). The van der Waals surface area contributed by atoms with Crippen molar-refractivity contribution in [3.8, 4) is 0 Å². The molecule has 1 unspecified atom stereocenters. The van der Waals surface area contributed by atoms with E-state index in [0.29, 0.717) is 24.6 Å². The number of thiophene rings is 1. The maximum Gasteiger partial charge on any atom is 0.259 e. The van der Waals surface area contributed by atoms with Gasteiger partial charge in [-0.25, -0.2) is 4.98 Å². The van der Waals surface area contributed by atoms with E-state index in [0.717, 1.165) is 55.4 Å². The van der Waals surface area contributed by atoms with Crippen molar-refractivity contribution in [1.29, 1.82) is 0 Å². The van der Waals surface area contributed by atoms with Crippen molar-refractivity contribution in [2.24, 2.45) is 5.92 Å². The molecule has 2 atom stereocenters. The predicted molar refractivity (Wildman–Crippen MR) is 104 cm³/mol. The van der Waals surface area contributed by atoms with Crippen molar-refractivity contribution < 1.29 is 4.79 Å². The van der Waals surface area contributed by atoms with Gasteiger partial charge >= 0.3 is 0 Å². The highest BCUT2D eigenvalue weighted by molar-refractivity contribution is 7.18. The molecule has 3 heterocycles. The first-order valence-corrected chi connectivity index (χ1v) is 10.5. The molecular formula is C19H26N4O2S. The minimum atomic E-state index is -0.0473. The van der Waals surface area contributed by atoms with E-state index in [-0.39, 0.29) is 17.5 Å². The van der Waals surface area contributed by atoms with Gasteiger partial charge in [-0.05, 0) is 50.1 Å². The van der Waals surface area contributed by atoms with Gasteiger partial charge in [-0.15, -0.1) is 11.3 Å². The molecule has 0 saturated carbocycles. The van der Waals surface area contributed by atoms with Gasteiger partial charge in [0.2, 0.25) is 5.91 Å². The first-order chi connectivity index (χ1) is 12.6. The average molecular weight is 375 g/mol. The van der Waals surface area contributed by atoms with Crippen LogP contribution in [0.2, 0.25) is 0 Å². The maximum absolute atomic E-state index is 12.6. The van der Waals surface area contributed by atoms with Crippen LogP contribution in [-0.2, 0) is 24.1 Å². The molecule has 26 heavy (non-hydrogen) atoms. The van der Waals surface area contributed by atoms with Gasteiger partial charge in [0.15, 0.2) is 0 Å². The lowest BCUT2D eigenvalue weighted by Crippen LogP contribution is -2.45. The summed E-state index contributed by atoms with van der Waals surface area (Å²) in [6.45, 7) is 4.13. The van der Waals surface area contributed by atoms with Crippen LogP contribution in [0.15, 0.2) is 4.79 Å². The van der Waals surface area contributed by atoms with Crippen LogP contribution >= 0.6 is 11.3 Å². The number of aryl methyl sites for hydroxylation is 2. The van der Waals surface area contributed by atoms with E-state index >= 15 is 0 Å². The number of piperidine rings is 1. The second-order valence-corrected chi connectivity index (χ2v) is 8.74. The van der Waals surface area contributed by atoms with Crippen molar-refractivity contribution in [1.82, 2.24) is 20.6 Å². The van der Waals surface area contributed by atoms with Gasteiger partial charge in [0, 0.05) is 30.3 Å². The highest BCUT2D eigenvalue weighted by atomic mass is 32.1. The molecule has 140 valence electrons. The molecule has 2 aromatic rings. The van der Waals surface area contributed by atoms with Crippen LogP contribution in [0.5, 0.6) is 0 Å². The predicted octanol–water partition coefficient (Wildman–Crippen LogP) is 1.91. The monoisotopic (exact) mass is 374 g/mol. The number of hydrogen-bond acceptors (Lipinski definition) is 5. The number of nitrogens with zero attached hydrogens (tertiary/aromatic N) is 1. The van der Waals surface area contributed by atoms with Gasteiger partial charge in [-0.2, -0.15) is 0 Å². The molecule has 2 aliphatic rings. The standard InChI is InChI=1S/C19H26N4O2S/c1-11-4-5-13-14(9-11)26-19-17(13)18(25)22-15(23-19)6-7-16(24)21-12-3-2-8-20-10-12/h11-12,20H,2-10H2,1H3,(H,21,24)(H,22,23,25)/t11?,12-/m0/s1. The maximum atomic E-state index is 12.6. The van der Waals surface area contributed by atoms with E-state index in [1.165, 1.54) is 10.4 Å².